The van der Waals surface area contributed by atoms with Gasteiger partial charge in [0.05, 0.1) is 16.2 Å². The Kier molecular flexibility index (Phi) is 1.49. The largest absolute Gasteiger partial charge is 0.386 e. The van der Waals surface area contributed by atoms with Gasteiger partial charge >= 0.3 is 0 Å². The van der Waals surface area contributed by atoms with Crippen LogP contribution in [0.3, 0.4) is 0 Å². The molecule has 1 aliphatic carbocycles. The van der Waals surface area contributed by atoms with Gasteiger partial charge in [-0.05, 0) is 18.9 Å². The summed E-state index contributed by atoms with van der Waals surface area (Å²) in [4.78, 5) is 2.15. The van der Waals surface area contributed by atoms with Gasteiger partial charge in [0, 0.05) is 12.6 Å². The van der Waals surface area contributed by atoms with E-state index in [0.29, 0.717) is 0 Å². The Bertz CT molecular complexity index is 400. The number of halogens is 1. The van der Waals surface area contributed by atoms with E-state index in [2.05, 4.69) is 4.90 Å². The number of anilines is 1. The molecule has 0 bridgehead atoms. The maximum absolute atomic E-state index is 10.2. The van der Waals surface area contributed by atoms with E-state index in [-0.39, 0.29) is 11.6 Å². The van der Waals surface area contributed by atoms with E-state index in [1.165, 1.54) is 0 Å². The molecule has 74 valence electrons. The number of aliphatic hydroxyl groups is 1. The Morgan fingerprint density at radius 1 is 1.50 bits per heavy atom. The summed E-state index contributed by atoms with van der Waals surface area (Å²) in [5, 5.41) is 10.9. The molecule has 0 saturated heterocycles. The van der Waals surface area contributed by atoms with Crippen molar-refractivity contribution in [2.45, 2.75) is 24.5 Å². The number of hydrogen-bond acceptors (Lipinski definition) is 2. The van der Waals surface area contributed by atoms with Crippen LogP contribution in [0.4, 0.5) is 5.69 Å². The van der Waals surface area contributed by atoms with Crippen LogP contribution in [-0.4, -0.2) is 17.7 Å². The van der Waals surface area contributed by atoms with Crippen LogP contribution >= 0.6 is 11.6 Å². The molecule has 1 aromatic rings. The maximum atomic E-state index is 10.2. The highest BCUT2D eigenvalue weighted by molar-refractivity contribution is 6.33. The molecule has 1 heterocycles. The first-order chi connectivity index (χ1) is 6.67. The van der Waals surface area contributed by atoms with Crippen LogP contribution in [0.5, 0.6) is 0 Å². The fourth-order valence-electron chi connectivity index (χ4n) is 2.54. The minimum absolute atomic E-state index is 0.0344. The van der Waals surface area contributed by atoms with Gasteiger partial charge in [0.2, 0.25) is 0 Å². The van der Waals surface area contributed by atoms with Crippen molar-refractivity contribution in [3.05, 3.63) is 28.8 Å². The third-order valence-electron chi connectivity index (χ3n) is 3.59. The number of aliphatic hydroxyl groups excluding tert-OH is 1. The maximum Gasteiger partial charge on any atom is 0.104 e. The lowest BCUT2D eigenvalue weighted by Crippen LogP contribution is -2.32. The summed E-state index contributed by atoms with van der Waals surface area (Å²) < 4.78 is 0. The second-order valence-electron chi connectivity index (χ2n) is 4.24. The van der Waals surface area contributed by atoms with E-state index < -0.39 is 0 Å². The lowest BCUT2D eigenvalue weighted by atomic mass is 10.1. The summed E-state index contributed by atoms with van der Waals surface area (Å²) in [6.45, 7) is 0. The van der Waals surface area contributed by atoms with Gasteiger partial charge in [0.1, 0.15) is 6.10 Å². The lowest BCUT2D eigenvalue weighted by molar-refractivity contribution is 0.146. The van der Waals surface area contributed by atoms with Crippen LogP contribution < -0.4 is 4.90 Å². The number of likely N-dealkylation sites (N-methyl/N-ethyl adjacent to an activating group) is 1. The Labute approximate surface area is 88.1 Å². The SMILES string of the molecule is CN1c2c(Cl)cccc2C(O)C12CC2. The fourth-order valence-corrected chi connectivity index (χ4v) is 2.85. The average Bonchev–Trinajstić information content (AvgIpc) is 2.92. The third-order valence-corrected chi connectivity index (χ3v) is 3.89. The first kappa shape index (κ1) is 8.57. The summed E-state index contributed by atoms with van der Waals surface area (Å²) in [6.07, 6.45) is 1.77. The minimum atomic E-state index is -0.360. The summed E-state index contributed by atoms with van der Waals surface area (Å²) >= 11 is 6.13. The highest BCUT2D eigenvalue weighted by Gasteiger charge is 2.58. The molecular weight excluding hydrogens is 198 g/mol. The van der Waals surface area contributed by atoms with Gasteiger partial charge in [0.15, 0.2) is 0 Å². The van der Waals surface area contributed by atoms with Crippen LogP contribution in [0.2, 0.25) is 5.02 Å². The van der Waals surface area contributed by atoms with Gasteiger partial charge in [-0.25, -0.2) is 0 Å². The van der Waals surface area contributed by atoms with Crippen molar-refractivity contribution >= 4 is 17.3 Å². The monoisotopic (exact) mass is 209 g/mol. The second kappa shape index (κ2) is 2.44. The van der Waals surface area contributed by atoms with Crippen molar-refractivity contribution in [2.24, 2.45) is 0 Å². The van der Waals surface area contributed by atoms with Gasteiger partial charge in [-0.2, -0.15) is 0 Å². The number of hydrogen-bond donors (Lipinski definition) is 1. The van der Waals surface area contributed by atoms with Gasteiger partial charge in [-0.3, -0.25) is 0 Å². The van der Waals surface area contributed by atoms with E-state index in [4.69, 9.17) is 11.6 Å². The fraction of sp³-hybridized carbons (Fsp3) is 0.455. The molecule has 1 saturated carbocycles. The predicted octanol–water partition coefficient (Wildman–Crippen LogP) is 2.36. The zero-order valence-electron chi connectivity index (χ0n) is 8.00. The van der Waals surface area contributed by atoms with Crippen LogP contribution in [0.15, 0.2) is 18.2 Å². The van der Waals surface area contributed by atoms with Gasteiger partial charge in [0.25, 0.3) is 0 Å². The molecule has 1 spiro atoms. The number of benzene rings is 1. The zero-order valence-corrected chi connectivity index (χ0v) is 8.75. The molecule has 0 radical (unpaired) electrons. The molecule has 2 nitrogen and oxygen atoms in total. The smallest absolute Gasteiger partial charge is 0.104 e. The zero-order chi connectivity index (χ0) is 9.92. The summed E-state index contributed by atoms with van der Waals surface area (Å²) in [5.41, 5.74) is 1.96. The normalized spacial score (nSPS) is 26.8. The second-order valence-corrected chi connectivity index (χ2v) is 4.65. The van der Waals surface area contributed by atoms with Crippen molar-refractivity contribution in [1.82, 2.24) is 0 Å². The molecule has 2 aliphatic rings. The summed E-state index contributed by atoms with van der Waals surface area (Å²) in [7, 11) is 2.02. The van der Waals surface area contributed by atoms with Crippen molar-refractivity contribution in [3.63, 3.8) is 0 Å². The van der Waals surface area contributed by atoms with Crippen LogP contribution in [0, 0.1) is 0 Å². The molecule has 0 amide bonds. The van der Waals surface area contributed by atoms with E-state index >= 15 is 0 Å². The molecule has 0 aromatic heterocycles. The molecular formula is C11H12ClNO. The highest BCUT2D eigenvalue weighted by atomic mass is 35.5. The molecule has 1 unspecified atom stereocenters. The van der Waals surface area contributed by atoms with Crippen molar-refractivity contribution in [1.29, 1.82) is 0 Å². The highest BCUT2D eigenvalue weighted by Crippen LogP contribution is 2.59. The van der Waals surface area contributed by atoms with E-state index in [0.717, 1.165) is 29.1 Å². The minimum Gasteiger partial charge on any atom is -0.386 e. The van der Waals surface area contributed by atoms with Crippen LogP contribution in [-0.2, 0) is 0 Å². The van der Waals surface area contributed by atoms with Crippen LogP contribution in [0.25, 0.3) is 0 Å². The van der Waals surface area contributed by atoms with Gasteiger partial charge < -0.3 is 10.0 Å². The molecule has 1 aromatic carbocycles. The Morgan fingerprint density at radius 2 is 2.21 bits per heavy atom. The van der Waals surface area contributed by atoms with Gasteiger partial charge in [-0.15, -0.1) is 0 Å². The standard InChI is InChI=1S/C11H12ClNO/c1-13-9-7(3-2-4-8(9)12)10(14)11(13)5-6-11/h2-4,10,14H,5-6H2,1H3. The molecule has 14 heavy (non-hydrogen) atoms. The van der Waals surface area contributed by atoms with Crippen LogP contribution in [0.1, 0.15) is 24.5 Å². The molecule has 1 fully saturated rings. The third kappa shape index (κ3) is 0.812. The Hall–Kier alpha value is -0.730. The first-order valence-corrected chi connectivity index (χ1v) is 5.25. The van der Waals surface area contributed by atoms with E-state index in [9.17, 15) is 5.11 Å². The summed E-state index contributed by atoms with van der Waals surface area (Å²) in [6, 6.07) is 5.75. The molecule has 3 rings (SSSR count). The van der Waals surface area contributed by atoms with E-state index in [1.807, 2.05) is 25.2 Å². The quantitative estimate of drug-likeness (QED) is 0.709. The Morgan fingerprint density at radius 3 is 2.79 bits per heavy atom. The number of nitrogens with zero attached hydrogens (tertiary/aromatic N) is 1. The van der Waals surface area contributed by atoms with E-state index in [1.54, 1.807) is 0 Å². The molecule has 1 atom stereocenters. The molecule has 1 aliphatic heterocycles. The Balaban J connectivity index is 2.22. The molecule has 1 N–H and O–H groups in total. The average molecular weight is 210 g/mol. The summed E-state index contributed by atoms with van der Waals surface area (Å²) in [5.74, 6) is 0. The van der Waals surface area contributed by atoms with Crippen molar-refractivity contribution in [3.8, 4) is 0 Å². The predicted molar refractivity (Wildman–Crippen MR) is 56.8 cm³/mol. The van der Waals surface area contributed by atoms with Gasteiger partial charge in [-0.1, -0.05) is 23.7 Å². The van der Waals surface area contributed by atoms with Crippen molar-refractivity contribution in [2.75, 3.05) is 11.9 Å². The van der Waals surface area contributed by atoms with Crippen molar-refractivity contribution < 1.29 is 5.11 Å². The number of fused-ring (bicyclic) bond motifs is 1. The molecule has 3 heteroatoms. The lowest BCUT2D eigenvalue weighted by Gasteiger charge is -2.24. The topological polar surface area (TPSA) is 23.5 Å². The number of rotatable bonds is 0. The number of para-hydroxylation sites is 1. The first-order valence-electron chi connectivity index (χ1n) is 4.87.